The fraction of sp³-hybridized carbons (Fsp3) is 0.333. The number of carbonyl (C=O) groups is 2. The maximum atomic E-state index is 11.5. The third kappa shape index (κ3) is 7.62. The van der Waals surface area contributed by atoms with Crippen LogP contribution in [0.3, 0.4) is 0 Å². The van der Waals surface area contributed by atoms with Gasteiger partial charge in [0, 0.05) is 22.0 Å². The summed E-state index contributed by atoms with van der Waals surface area (Å²) in [6, 6.07) is 3.36. The Bertz CT molecular complexity index is 1020. The molecule has 0 fully saturated rings. The molecule has 0 aliphatic heterocycles. The van der Waals surface area contributed by atoms with Crippen molar-refractivity contribution in [1.29, 1.82) is 0 Å². The average molecular weight is 560 g/mol. The van der Waals surface area contributed by atoms with Gasteiger partial charge in [-0.3, -0.25) is 4.79 Å². The molecule has 0 unspecified atom stereocenters. The molecule has 0 amide bonds. The molecule has 0 spiro atoms. The first kappa shape index (κ1) is 26.6. The molecule has 0 bridgehead atoms. The Morgan fingerprint density at radius 2 is 1.71 bits per heavy atom. The second-order valence-corrected chi connectivity index (χ2v) is 8.09. The zero-order valence-electron chi connectivity index (χ0n) is 17.9. The fourth-order valence-electron chi connectivity index (χ4n) is 2.25. The molecule has 0 saturated heterocycles. The lowest BCUT2D eigenvalue weighted by atomic mass is 10.2. The van der Waals surface area contributed by atoms with E-state index in [0.717, 1.165) is 5.56 Å². The van der Waals surface area contributed by atoms with Crippen LogP contribution >= 0.6 is 31.9 Å². The monoisotopic (exact) mass is 558 g/mol. The molecule has 2 rings (SSSR count). The molecule has 31 heavy (non-hydrogen) atoms. The lowest BCUT2D eigenvalue weighted by Crippen LogP contribution is -2.16. The van der Waals surface area contributed by atoms with Crippen molar-refractivity contribution in [2.24, 2.45) is 0 Å². The second-order valence-electron chi connectivity index (χ2n) is 6.38. The van der Waals surface area contributed by atoms with E-state index in [9.17, 15) is 14.4 Å². The maximum absolute atomic E-state index is 11.5. The molecular formula is C21H24Br2N2O6. The van der Waals surface area contributed by atoms with E-state index in [1.807, 2.05) is 13.8 Å². The van der Waals surface area contributed by atoms with Gasteiger partial charge in [0.05, 0.1) is 18.7 Å². The summed E-state index contributed by atoms with van der Waals surface area (Å²) in [5.41, 5.74) is 1.45. The van der Waals surface area contributed by atoms with Gasteiger partial charge in [0.25, 0.3) is 5.56 Å². The highest BCUT2D eigenvalue weighted by Crippen LogP contribution is 2.25. The summed E-state index contributed by atoms with van der Waals surface area (Å²) in [4.78, 5) is 40.3. The molecule has 0 aliphatic rings. The summed E-state index contributed by atoms with van der Waals surface area (Å²) >= 11 is 6.44. The number of rotatable bonds is 6. The van der Waals surface area contributed by atoms with E-state index < -0.39 is 11.9 Å². The Labute approximate surface area is 197 Å². The van der Waals surface area contributed by atoms with E-state index in [0.29, 0.717) is 26.8 Å². The number of H-pyrrole nitrogens is 1. The Morgan fingerprint density at radius 1 is 1.13 bits per heavy atom. The van der Waals surface area contributed by atoms with Gasteiger partial charge in [-0.15, -0.1) is 6.58 Å². The Balaban J connectivity index is 0.000000327. The number of aromatic amines is 1. The molecule has 168 valence electrons. The molecule has 2 aromatic rings. The van der Waals surface area contributed by atoms with Crippen molar-refractivity contribution < 1.29 is 23.8 Å². The van der Waals surface area contributed by atoms with Crippen molar-refractivity contribution in [3.8, 4) is 5.88 Å². The molecule has 8 nitrogen and oxygen atoms in total. The smallest absolute Gasteiger partial charge is 0.357 e. The van der Waals surface area contributed by atoms with Gasteiger partial charge in [-0.05, 0) is 64.8 Å². The van der Waals surface area contributed by atoms with Crippen LogP contribution in [0, 0.1) is 13.8 Å². The Hall–Kier alpha value is -2.46. The fourth-order valence-corrected chi connectivity index (χ4v) is 3.44. The molecule has 0 radical (unpaired) electrons. The van der Waals surface area contributed by atoms with Gasteiger partial charge < -0.3 is 19.2 Å². The number of hydrogen-bond donors (Lipinski definition) is 1. The standard InChI is InChI=1S/C13H16BrNO3.C8H8BrNO3/c1-5-6-9(3)18-12-8(2)7-10(14)11(15-12)13(16)17-4;1-4-3-5(9)6(8(12)13-2)10-7(4)11/h5,7,9H,1,6H2,2-4H3;3H,1-2H3,(H,10,11)/t9-;/m1./s1. The minimum absolute atomic E-state index is 0.0413. The van der Waals surface area contributed by atoms with Gasteiger partial charge in [-0.1, -0.05) is 6.08 Å². The molecule has 1 atom stereocenters. The molecular weight excluding hydrogens is 536 g/mol. The highest BCUT2D eigenvalue weighted by atomic mass is 79.9. The topological polar surface area (TPSA) is 108 Å². The largest absolute Gasteiger partial charge is 0.474 e. The summed E-state index contributed by atoms with van der Waals surface area (Å²) in [5, 5.41) is 0. The third-order valence-electron chi connectivity index (χ3n) is 3.88. The van der Waals surface area contributed by atoms with E-state index >= 15 is 0 Å². The van der Waals surface area contributed by atoms with Crippen LogP contribution < -0.4 is 10.3 Å². The maximum Gasteiger partial charge on any atom is 0.357 e. The van der Waals surface area contributed by atoms with Gasteiger partial charge in [-0.25, -0.2) is 14.6 Å². The van der Waals surface area contributed by atoms with Crippen molar-refractivity contribution >= 4 is 43.8 Å². The van der Waals surface area contributed by atoms with Crippen LogP contribution in [0.1, 0.15) is 45.4 Å². The van der Waals surface area contributed by atoms with E-state index in [1.165, 1.54) is 14.2 Å². The van der Waals surface area contributed by atoms with Crippen LogP contribution in [0.25, 0.3) is 0 Å². The number of nitrogens with one attached hydrogen (secondary N) is 1. The number of ether oxygens (including phenoxy) is 3. The van der Waals surface area contributed by atoms with Gasteiger partial charge in [0.1, 0.15) is 11.8 Å². The minimum atomic E-state index is -0.566. The van der Waals surface area contributed by atoms with E-state index in [1.54, 1.807) is 25.1 Å². The summed E-state index contributed by atoms with van der Waals surface area (Å²) in [5.74, 6) is -0.625. The van der Waals surface area contributed by atoms with Crippen LogP contribution in [-0.4, -0.2) is 42.2 Å². The van der Waals surface area contributed by atoms with Crippen molar-refractivity contribution in [1.82, 2.24) is 9.97 Å². The van der Waals surface area contributed by atoms with Crippen LogP contribution in [0.5, 0.6) is 5.88 Å². The van der Waals surface area contributed by atoms with Crippen LogP contribution in [-0.2, 0) is 9.47 Å². The molecule has 0 aromatic carbocycles. The molecule has 2 aromatic heterocycles. The lowest BCUT2D eigenvalue weighted by Gasteiger charge is -2.15. The highest BCUT2D eigenvalue weighted by Gasteiger charge is 2.17. The summed E-state index contributed by atoms with van der Waals surface area (Å²) in [6.07, 6.45) is 2.45. The summed E-state index contributed by atoms with van der Waals surface area (Å²) in [6.45, 7) is 9.10. The van der Waals surface area contributed by atoms with Crippen LogP contribution in [0.15, 0.2) is 38.5 Å². The van der Waals surface area contributed by atoms with E-state index in [2.05, 4.69) is 57.9 Å². The normalized spacial score (nSPS) is 10.9. The number of halogens is 2. The van der Waals surface area contributed by atoms with Gasteiger partial charge in [0.2, 0.25) is 5.88 Å². The number of hydrogen-bond acceptors (Lipinski definition) is 7. The molecule has 1 N–H and O–H groups in total. The number of carbonyl (C=O) groups excluding carboxylic acids is 2. The first-order chi connectivity index (χ1) is 14.5. The summed E-state index contributed by atoms with van der Waals surface area (Å²) < 4.78 is 15.9. The predicted molar refractivity (Wildman–Crippen MR) is 124 cm³/mol. The second kappa shape index (κ2) is 12.4. The SMILES string of the molecule is C=CC[C@@H](C)Oc1nc(C(=O)OC)c(Br)cc1C.COC(=O)c1[nH]c(=O)c(C)cc1Br. The van der Waals surface area contributed by atoms with Crippen molar-refractivity contribution in [2.75, 3.05) is 14.2 Å². The van der Waals surface area contributed by atoms with E-state index in [4.69, 9.17) is 4.74 Å². The summed E-state index contributed by atoms with van der Waals surface area (Å²) in [7, 11) is 2.57. The lowest BCUT2D eigenvalue weighted by molar-refractivity contribution is 0.0583. The zero-order chi connectivity index (χ0) is 23.7. The van der Waals surface area contributed by atoms with Crippen LogP contribution in [0.2, 0.25) is 0 Å². The quantitative estimate of drug-likeness (QED) is 0.409. The highest BCUT2D eigenvalue weighted by molar-refractivity contribution is 9.10. The number of pyridine rings is 2. The first-order valence-electron chi connectivity index (χ1n) is 9.06. The Kier molecular flexibility index (Phi) is 10.6. The van der Waals surface area contributed by atoms with Crippen molar-refractivity contribution in [2.45, 2.75) is 33.3 Å². The number of nitrogens with zero attached hydrogens (tertiary/aromatic N) is 1. The Morgan fingerprint density at radius 3 is 2.26 bits per heavy atom. The molecule has 10 heteroatoms. The number of aryl methyl sites for hydroxylation is 2. The van der Waals surface area contributed by atoms with Gasteiger partial charge >= 0.3 is 11.9 Å². The zero-order valence-corrected chi connectivity index (χ0v) is 21.0. The van der Waals surface area contributed by atoms with Crippen LogP contribution in [0.4, 0.5) is 0 Å². The minimum Gasteiger partial charge on any atom is -0.474 e. The molecule has 0 aliphatic carbocycles. The number of methoxy groups -OCH3 is 2. The number of aromatic nitrogens is 2. The predicted octanol–water partition coefficient (Wildman–Crippen LogP) is 4.51. The number of esters is 2. The van der Waals surface area contributed by atoms with Gasteiger partial charge in [0.15, 0.2) is 5.69 Å². The first-order valence-corrected chi connectivity index (χ1v) is 10.6. The van der Waals surface area contributed by atoms with Crippen molar-refractivity contribution in [3.63, 3.8) is 0 Å². The van der Waals surface area contributed by atoms with Crippen molar-refractivity contribution in [3.05, 3.63) is 66.6 Å². The third-order valence-corrected chi connectivity index (χ3v) is 5.11. The molecule has 2 heterocycles. The molecule has 0 saturated carbocycles. The average Bonchev–Trinajstić information content (AvgIpc) is 2.72. The van der Waals surface area contributed by atoms with E-state index in [-0.39, 0.29) is 23.1 Å². The van der Waals surface area contributed by atoms with Gasteiger partial charge in [-0.2, -0.15) is 0 Å².